The summed E-state index contributed by atoms with van der Waals surface area (Å²) in [6.45, 7) is 0.286. The van der Waals surface area contributed by atoms with Gasteiger partial charge in [-0.3, -0.25) is 14.9 Å². The van der Waals surface area contributed by atoms with Crippen molar-refractivity contribution in [1.29, 1.82) is 0 Å². The number of hydrogen-bond acceptors (Lipinski definition) is 4. The van der Waals surface area contributed by atoms with E-state index >= 15 is 0 Å². The Morgan fingerprint density at radius 1 is 1.29 bits per heavy atom. The van der Waals surface area contributed by atoms with E-state index in [1.165, 1.54) is 30.4 Å². The van der Waals surface area contributed by atoms with Crippen LogP contribution in [0.5, 0.6) is 0 Å². The molecule has 2 rings (SSSR count). The summed E-state index contributed by atoms with van der Waals surface area (Å²) in [5.41, 5.74) is 0.782. The monoisotopic (exact) mass is 306 g/mol. The molecule has 1 aromatic heterocycles. The van der Waals surface area contributed by atoms with Crippen LogP contribution in [0, 0.1) is 15.9 Å². The number of amides is 1. The van der Waals surface area contributed by atoms with Crippen molar-refractivity contribution in [2.45, 2.75) is 6.54 Å². The standard InChI is InChI=1S/C14H11FN2O3S/c15-11-3-1-10(2-4-11)9-16-13(18)7-5-12-6-8-14(21-12)17(19)20/h1-8H,9H2,(H,16,18)/b7-5+. The maximum atomic E-state index is 12.7. The Kier molecular flexibility index (Phi) is 4.78. The lowest BCUT2D eigenvalue weighted by atomic mass is 10.2. The molecule has 0 spiro atoms. The van der Waals surface area contributed by atoms with Gasteiger partial charge in [-0.05, 0) is 29.8 Å². The highest BCUT2D eigenvalue weighted by atomic mass is 32.1. The molecule has 0 aliphatic rings. The Morgan fingerprint density at radius 3 is 2.62 bits per heavy atom. The molecule has 108 valence electrons. The molecule has 0 bridgehead atoms. The van der Waals surface area contributed by atoms with E-state index in [9.17, 15) is 19.3 Å². The first-order valence-corrected chi connectivity index (χ1v) is 6.81. The van der Waals surface area contributed by atoms with Crippen LogP contribution in [-0.4, -0.2) is 10.8 Å². The topological polar surface area (TPSA) is 72.2 Å². The summed E-state index contributed by atoms with van der Waals surface area (Å²) in [7, 11) is 0. The molecule has 1 aromatic carbocycles. The minimum Gasteiger partial charge on any atom is -0.348 e. The van der Waals surface area contributed by atoms with Crippen LogP contribution in [0.25, 0.3) is 6.08 Å². The van der Waals surface area contributed by atoms with Gasteiger partial charge in [-0.25, -0.2) is 4.39 Å². The number of thiophene rings is 1. The molecule has 0 atom stereocenters. The fourth-order valence-corrected chi connectivity index (χ4v) is 2.26. The van der Waals surface area contributed by atoms with Gasteiger partial charge in [-0.15, -0.1) is 0 Å². The molecule has 1 amide bonds. The van der Waals surface area contributed by atoms with Crippen LogP contribution in [0.3, 0.4) is 0 Å². The van der Waals surface area contributed by atoms with Crippen LogP contribution in [0.1, 0.15) is 10.4 Å². The summed E-state index contributed by atoms with van der Waals surface area (Å²) in [4.78, 5) is 22.3. The van der Waals surface area contributed by atoms with Crippen LogP contribution in [-0.2, 0) is 11.3 Å². The van der Waals surface area contributed by atoms with Gasteiger partial charge in [0.15, 0.2) is 0 Å². The van der Waals surface area contributed by atoms with Crippen molar-refractivity contribution < 1.29 is 14.1 Å². The summed E-state index contributed by atoms with van der Waals surface area (Å²) >= 11 is 0.991. The van der Waals surface area contributed by atoms with Crippen LogP contribution in [0.4, 0.5) is 9.39 Å². The summed E-state index contributed by atoms with van der Waals surface area (Å²) in [5.74, 6) is -0.653. The van der Waals surface area contributed by atoms with E-state index in [1.807, 2.05) is 0 Å². The van der Waals surface area contributed by atoms with Gasteiger partial charge < -0.3 is 5.32 Å². The average molecular weight is 306 g/mol. The lowest BCUT2D eigenvalue weighted by Gasteiger charge is -2.01. The van der Waals surface area contributed by atoms with E-state index in [4.69, 9.17) is 0 Å². The first kappa shape index (κ1) is 14.9. The van der Waals surface area contributed by atoms with E-state index in [-0.39, 0.29) is 23.3 Å². The molecular formula is C14H11FN2O3S. The second kappa shape index (κ2) is 6.76. The maximum absolute atomic E-state index is 12.7. The van der Waals surface area contributed by atoms with Gasteiger partial charge in [0.1, 0.15) is 5.82 Å². The highest BCUT2D eigenvalue weighted by Gasteiger charge is 2.07. The van der Waals surface area contributed by atoms with Gasteiger partial charge in [0.2, 0.25) is 5.91 Å². The summed E-state index contributed by atoms with van der Waals surface area (Å²) in [6, 6.07) is 8.78. The lowest BCUT2D eigenvalue weighted by Crippen LogP contribution is -2.20. The van der Waals surface area contributed by atoms with Crippen molar-refractivity contribution in [2.24, 2.45) is 0 Å². The maximum Gasteiger partial charge on any atom is 0.324 e. The van der Waals surface area contributed by atoms with E-state index in [0.29, 0.717) is 4.88 Å². The van der Waals surface area contributed by atoms with E-state index < -0.39 is 4.92 Å². The van der Waals surface area contributed by atoms with Gasteiger partial charge >= 0.3 is 5.00 Å². The molecule has 2 aromatic rings. The Bertz CT molecular complexity index is 680. The fraction of sp³-hybridized carbons (Fsp3) is 0.0714. The molecule has 7 heteroatoms. The van der Waals surface area contributed by atoms with E-state index in [0.717, 1.165) is 16.9 Å². The molecule has 0 saturated heterocycles. The zero-order valence-electron chi connectivity index (χ0n) is 10.8. The Balaban J connectivity index is 1.87. The third-order valence-electron chi connectivity index (χ3n) is 2.57. The highest BCUT2D eigenvalue weighted by molar-refractivity contribution is 7.16. The molecule has 1 N–H and O–H groups in total. The average Bonchev–Trinajstić information content (AvgIpc) is 2.93. The largest absolute Gasteiger partial charge is 0.348 e. The quantitative estimate of drug-likeness (QED) is 0.524. The number of carbonyl (C=O) groups is 1. The van der Waals surface area contributed by atoms with E-state index in [2.05, 4.69) is 5.32 Å². The fourth-order valence-electron chi connectivity index (χ4n) is 1.54. The number of nitrogens with zero attached hydrogens (tertiary/aromatic N) is 1. The molecular weight excluding hydrogens is 295 g/mol. The predicted molar refractivity (Wildman–Crippen MR) is 78.3 cm³/mol. The zero-order valence-corrected chi connectivity index (χ0v) is 11.6. The van der Waals surface area contributed by atoms with Crippen molar-refractivity contribution in [1.82, 2.24) is 5.32 Å². The number of benzene rings is 1. The molecule has 0 aliphatic heterocycles. The predicted octanol–water partition coefficient (Wildman–Crippen LogP) is 3.13. The van der Waals surface area contributed by atoms with Crippen molar-refractivity contribution >= 4 is 28.3 Å². The smallest absolute Gasteiger partial charge is 0.324 e. The van der Waals surface area contributed by atoms with Crippen molar-refractivity contribution in [3.8, 4) is 0 Å². The second-order valence-electron chi connectivity index (χ2n) is 4.11. The number of rotatable bonds is 5. The number of nitro groups is 1. The molecule has 5 nitrogen and oxygen atoms in total. The van der Waals surface area contributed by atoms with Crippen LogP contribution < -0.4 is 5.32 Å². The second-order valence-corrected chi connectivity index (χ2v) is 5.20. The number of carbonyl (C=O) groups excluding carboxylic acids is 1. The minimum atomic E-state index is -0.476. The minimum absolute atomic E-state index is 0.0290. The summed E-state index contributed by atoms with van der Waals surface area (Å²) in [6.07, 6.45) is 2.82. The Labute approximate surface area is 123 Å². The van der Waals surface area contributed by atoms with Gasteiger partial charge in [0.05, 0.1) is 4.92 Å². The van der Waals surface area contributed by atoms with Gasteiger partial charge in [-0.2, -0.15) is 0 Å². The molecule has 0 saturated carbocycles. The van der Waals surface area contributed by atoms with Gasteiger partial charge in [0.25, 0.3) is 0 Å². The molecule has 21 heavy (non-hydrogen) atoms. The molecule has 1 heterocycles. The first-order chi connectivity index (χ1) is 10.0. The van der Waals surface area contributed by atoms with Crippen LogP contribution >= 0.6 is 11.3 Å². The molecule has 0 aliphatic carbocycles. The Morgan fingerprint density at radius 2 is 2.00 bits per heavy atom. The van der Waals surface area contributed by atoms with Crippen molar-refractivity contribution in [2.75, 3.05) is 0 Å². The van der Waals surface area contributed by atoms with Crippen LogP contribution in [0.2, 0.25) is 0 Å². The number of halogens is 1. The summed E-state index contributed by atoms with van der Waals surface area (Å²) < 4.78 is 12.7. The highest BCUT2D eigenvalue weighted by Crippen LogP contribution is 2.24. The third-order valence-corrected chi connectivity index (χ3v) is 3.57. The molecule has 0 fully saturated rings. The zero-order chi connectivity index (χ0) is 15.2. The first-order valence-electron chi connectivity index (χ1n) is 5.99. The van der Waals surface area contributed by atoms with Gasteiger partial charge in [-0.1, -0.05) is 23.5 Å². The number of nitrogens with one attached hydrogen (secondary N) is 1. The summed E-state index contributed by atoms with van der Waals surface area (Å²) in [5, 5.41) is 13.2. The van der Waals surface area contributed by atoms with Crippen LogP contribution in [0.15, 0.2) is 42.5 Å². The Hall–Kier alpha value is -2.54. The SMILES string of the molecule is O=C(/C=C/c1ccc([N+](=O)[O-])s1)NCc1ccc(F)cc1. The molecule has 0 unspecified atom stereocenters. The molecule has 0 radical (unpaired) electrons. The lowest BCUT2D eigenvalue weighted by molar-refractivity contribution is -0.380. The third kappa shape index (κ3) is 4.50. The van der Waals surface area contributed by atoms with E-state index in [1.54, 1.807) is 18.2 Å². The normalized spacial score (nSPS) is 10.7. The van der Waals surface area contributed by atoms with Gasteiger partial charge in [0, 0.05) is 23.6 Å². The van der Waals surface area contributed by atoms with Crippen molar-refractivity contribution in [3.05, 3.63) is 68.8 Å². The van der Waals surface area contributed by atoms with Crippen molar-refractivity contribution in [3.63, 3.8) is 0 Å². The number of hydrogen-bond donors (Lipinski definition) is 1.